The van der Waals surface area contributed by atoms with Crippen LogP contribution < -0.4 is 0 Å². The van der Waals surface area contributed by atoms with Gasteiger partial charge in [-0.25, -0.2) is 4.39 Å². The van der Waals surface area contributed by atoms with Crippen molar-refractivity contribution in [3.63, 3.8) is 0 Å². The third kappa shape index (κ3) is 1.69. The van der Waals surface area contributed by atoms with E-state index in [-0.39, 0.29) is 6.79 Å². The van der Waals surface area contributed by atoms with Gasteiger partial charge in [-0.15, -0.1) is 6.42 Å². The van der Waals surface area contributed by atoms with Gasteiger partial charge >= 0.3 is 0 Å². The van der Waals surface area contributed by atoms with Crippen LogP contribution in [0.25, 0.3) is 0 Å². The van der Waals surface area contributed by atoms with E-state index in [1.54, 1.807) is 0 Å². The number of aliphatic hydroxyl groups excluding tert-OH is 1. The van der Waals surface area contributed by atoms with Crippen molar-refractivity contribution in [2.75, 3.05) is 13.4 Å². The Hall–Kier alpha value is -0.630. The first kappa shape index (κ1) is 8.47. The average molecular weight is 160 g/mol. The molecule has 0 bridgehead atoms. The number of ether oxygens (including phenoxy) is 2. The van der Waals surface area contributed by atoms with E-state index in [0.717, 1.165) is 0 Å². The molecule has 4 heteroatoms. The van der Waals surface area contributed by atoms with Crippen LogP contribution in [0, 0.1) is 12.3 Å². The minimum absolute atomic E-state index is 0.0000463. The maximum absolute atomic E-state index is 12.7. The van der Waals surface area contributed by atoms with Crippen molar-refractivity contribution in [3.8, 4) is 12.3 Å². The fourth-order valence-electron chi connectivity index (χ4n) is 0.914. The quantitative estimate of drug-likeness (QED) is 0.563. The minimum atomic E-state index is -1.46. The van der Waals surface area contributed by atoms with E-state index < -0.39 is 25.0 Å². The normalized spacial score (nSPS) is 33.2. The second-order valence-electron chi connectivity index (χ2n) is 2.20. The van der Waals surface area contributed by atoms with Gasteiger partial charge in [0.2, 0.25) is 0 Å². The Kier molecular flexibility index (Phi) is 2.83. The maximum atomic E-state index is 12.7. The predicted octanol–water partition coefficient (Wildman–Crippen LogP) is -0.309. The first-order valence-corrected chi connectivity index (χ1v) is 3.24. The largest absolute Gasteiger partial charge is 0.393 e. The van der Waals surface area contributed by atoms with E-state index in [9.17, 15) is 4.39 Å². The predicted molar refractivity (Wildman–Crippen MR) is 35.4 cm³/mol. The number of terminal acetylenes is 1. The molecule has 1 rings (SSSR count). The summed E-state index contributed by atoms with van der Waals surface area (Å²) >= 11 is 0. The molecule has 0 radical (unpaired) electrons. The Bertz CT molecular complexity index is 166. The Labute approximate surface area is 64.1 Å². The number of hydrogen-bond donors (Lipinski definition) is 1. The molecule has 62 valence electrons. The van der Waals surface area contributed by atoms with Crippen LogP contribution in [-0.2, 0) is 9.47 Å². The summed E-state index contributed by atoms with van der Waals surface area (Å²) in [6.07, 6.45) is 2.07. The van der Waals surface area contributed by atoms with Gasteiger partial charge in [-0.3, -0.25) is 0 Å². The zero-order valence-electron chi connectivity index (χ0n) is 5.87. The standard InChI is InChI=1S/C7H9FO3/c1-2-6-7(5(8)3-9)11-4-10-6/h1,5-7,9H,3-4H2. The van der Waals surface area contributed by atoms with E-state index in [0.29, 0.717) is 0 Å². The second-order valence-corrected chi connectivity index (χ2v) is 2.20. The third-order valence-corrected chi connectivity index (χ3v) is 1.50. The van der Waals surface area contributed by atoms with Gasteiger partial charge in [0.1, 0.15) is 19.0 Å². The lowest BCUT2D eigenvalue weighted by Gasteiger charge is -2.14. The van der Waals surface area contributed by atoms with Crippen LogP contribution in [0.15, 0.2) is 0 Å². The zero-order chi connectivity index (χ0) is 8.27. The van der Waals surface area contributed by atoms with Crippen LogP contribution in [0.5, 0.6) is 0 Å². The van der Waals surface area contributed by atoms with Crippen molar-refractivity contribution in [1.29, 1.82) is 0 Å². The highest BCUT2D eigenvalue weighted by atomic mass is 19.1. The van der Waals surface area contributed by atoms with E-state index >= 15 is 0 Å². The van der Waals surface area contributed by atoms with Gasteiger partial charge in [-0.1, -0.05) is 5.92 Å². The average Bonchev–Trinajstić information content (AvgIpc) is 2.50. The van der Waals surface area contributed by atoms with Crippen LogP contribution in [0.2, 0.25) is 0 Å². The summed E-state index contributed by atoms with van der Waals surface area (Å²) in [6.45, 7) is -0.591. The van der Waals surface area contributed by atoms with Crippen molar-refractivity contribution in [2.24, 2.45) is 0 Å². The summed E-state index contributed by atoms with van der Waals surface area (Å²) in [6, 6.07) is 0. The molecule has 0 amide bonds. The summed E-state index contributed by atoms with van der Waals surface area (Å²) < 4.78 is 22.4. The van der Waals surface area contributed by atoms with Crippen LogP contribution >= 0.6 is 0 Å². The SMILES string of the molecule is C#CC1OCOC1C(F)CO. The van der Waals surface area contributed by atoms with Gasteiger partial charge in [0.05, 0.1) is 6.61 Å². The molecule has 1 aliphatic rings. The molecule has 3 atom stereocenters. The minimum Gasteiger partial charge on any atom is -0.393 e. The summed E-state index contributed by atoms with van der Waals surface area (Å²) in [5.41, 5.74) is 0. The highest BCUT2D eigenvalue weighted by Gasteiger charge is 2.34. The molecule has 0 aromatic rings. The van der Waals surface area contributed by atoms with E-state index in [2.05, 4.69) is 5.92 Å². The lowest BCUT2D eigenvalue weighted by molar-refractivity contribution is 0.00342. The molecule has 1 N–H and O–H groups in total. The summed E-state index contributed by atoms with van der Waals surface area (Å²) in [7, 11) is 0. The molecule has 0 aromatic heterocycles. The summed E-state index contributed by atoms with van der Waals surface area (Å²) in [5, 5.41) is 8.43. The Morgan fingerprint density at radius 1 is 1.73 bits per heavy atom. The fraction of sp³-hybridized carbons (Fsp3) is 0.714. The van der Waals surface area contributed by atoms with Crippen molar-refractivity contribution < 1.29 is 19.0 Å². The van der Waals surface area contributed by atoms with E-state index in [1.165, 1.54) is 0 Å². The first-order chi connectivity index (χ1) is 5.29. The molecular weight excluding hydrogens is 151 g/mol. The highest BCUT2D eigenvalue weighted by molar-refractivity contribution is 5.02. The third-order valence-electron chi connectivity index (χ3n) is 1.50. The first-order valence-electron chi connectivity index (χ1n) is 3.24. The van der Waals surface area contributed by atoms with E-state index in [4.69, 9.17) is 21.0 Å². The van der Waals surface area contributed by atoms with Gasteiger partial charge < -0.3 is 14.6 Å². The lowest BCUT2D eigenvalue weighted by atomic mass is 10.1. The molecule has 1 saturated heterocycles. The Morgan fingerprint density at radius 3 is 3.00 bits per heavy atom. The number of rotatable bonds is 2. The van der Waals surface area contributed by atoms with Gasteiger partial charge in [0, 0.05) is 0 Å². The topological polar surface area (TPSA) is 38.7 Å². The molecule has 0 aliphatic carbocycles. The van der Waals surface area contributed by atoms with Crippen LogP contribution in [-0.4, -0.2) is 36.9 Å². The molecule has 0 saturated carbocycles. The monoisotopic (exact) mass is 160 g/mol. The molecule has 0 spiro atoms. The van der Waals surface area contributed by atoms with Crippen molar-refractivity contribution >= 4 is 0 Å². The Balaban J connectivity index is 2.51. The second kappa shape index (κ2) is 3.67. The van der Waals surface area contributed by atoms with Gasteiger partial charge in [0.15, 0.2) is 6.17 Å². The van der Waals surface area contributed by atoms with Gasteiger partial charge in [-0.2, -0.15) is 0 Å². The van der Waals surface area contributed by atoms with Crippen LogP contribution in [0.1, 0.15) is 0 Å². The molecule has 1 aliphatic heterocycles. The fourth-order valence-corrected chi connectivity index (χ4v) is 0.914. The molecule has 0 aromatic carbocycles. The Morgan fingerprint density at radius 2 is 2.45 bits per heavy atom. The summed E-state index contributed by atoms with van der Waals surface area (Å²) in [4.78, 5) is 0. The molecule has 1 fully saturated rings. The molecule has 3 nitrogen and oxygen atoms in total. The zero-order valence-corrected chi connectivity index (χ0v) is 5.87. The lowest BCUT2D eigenvalue weighted by Crippen LogP contribution is -2.33. The van der Waals surface area contributed by atoms with Crippen LogP contribution in [0.4, 0.5) is 4.39 Å². The number of alkyl halides is 1. The maximum Gasteiger partial charge on any atom is 0.153 e. The van der Waals surface area contributed by atoms with Gasteiger partial charge in [0.25, 0.3) is 0 Å². The van der Waals surface area contributed by atoms with Crippen molar-refractivity contribution in [2.45, 2.75) is 18.4 Å². The molecular formula is C7H9FO3. The number of aliphatic hydroxyl groups is 1. The smallest absolute Gasteiger partial charge is 0.153 e. The highest BCUT2D eigenvalue weighted by Crippen LogP contribution is 2.17. The van der Waals surface area contributed by atoms with Crippen molar-refractivity contribution in [3.05, 3.63) is 0 Å². The number of hydrogen-bond acceptors (Lipinski definition) is 3. The van der Waals surface area contributed by atoms with Crippen LogP contribution in [0.3, 0.4) is 0 Å². The van der Waals surface area contributed by atoms with Gasteiger partial charge in [-0.05, 0) is 0 Å². The summed E-state index contributed by atoms with van der Waals surface area (Å²) in [5.74, 6) is 2.23. The van der Waals surface area contributed by atoms with E-state index in [1.807, 2.05) is 0 Å². The molecule has 11 heavy (non-hydrogen) atoms. The molecule has 3 unspecified atom stereocenters. The van der Waals surface area contributed by atoms with Crippen molar-refractivity contribution in [1.82, 2.24) is 0 Å². The molecule has 1 heterocycles. The number of halogens is 1.